The molecule has 0 aliphatic rings. The van der Waals surface area contributed by atoms with Crippen molar-refractivity contribution in [2.24, 2.45) is 0 Å². The van der Waals surface area contributed by atoms with Crippen molar-refractivity contribution in [3.8, 4) is 0 Å². The second-order valence-electron chi connectivity index (χ2n) is 4.26. The Morgan fingerprint density at radius 3 is 2.41 bits per heavy atom. The van der Waals surface area contributed by atoms with Gasteiger partial charge in [0, 0.05) is 15.7 Å². The summed E-state index contributed by atoms with van der Waals surface area (Å²) in [5.74, 6) is 0.348. The van der Waals surface area contributed by atoms with Crippen LogP contribution in [0.2, 0.25) is 0 Å². The van der Waals surface area contributed by atoms with Crippen LogP contribution in [-0.2, 0) is 6.42 Å². The second kappa shape index (κ2) is 5.70. The predicted molar refractivity (Wildman–Crippen MR) is 77.1 cm³/mol. The van der Waals surface area contributed by atoms with Crippen molar-refractivity contribution < 1.29 is 0 Å². The molecule has 2 heteroatoms. The summed E-state index contributed by atoms with van der Waals surface area (Å²) >= 11 is 8.40. The first kappa shape index (κ1) is 12.7. The van der Waals surface area contributed by atoms with Crippen LogP contribution in [0.15, 0.2) is 42.5 Å². The molecule has 90 valence electrons. The summed E-state index contributed by atoms with van der Waals surface area (Å²) in [4.78, 5) is 2.69. The van der Waals surface area contributed by atoms with Crippen LogP contribution in [-0.4, -0.2) is 0 Å². The van der Waals surface area contributed by atoms with E-state index in [1.807, 2.05) is 17.4 Å². The van der Waals surface area contributed by atoms with E-state index < -0.39 is 0 Å². The molecule has 0 aliphatic carbocycles. The van der Waals surface area contributed by atoms with E-state index in [4.69, 9.17) is 11.6 Å². The summed E-state index contributed by atoms with van der Waals surface area (Å²) in [5, 5.41) is 0.0719. The normalized spacial score (nSPS) is 14.5. The monoisotopic (exact) mass is 264 g/mol. The minimum Gasteiger partial charge on any atom is -0.144 e. The summed E-state index contributed by atoms with van der Waals surface area (Å²) in [6, 6.07) is 14.8. The predicted octanol–water partition coefficient (Wildman–Crippen LogP) is 5.39. The molecule has 0 nitrogen and oxygen atoms in total. The van der Waals surface area contributed by atoms with Gasteiger partial charge in [0.05, 0.1) is 5.38 Å². The average molecular weight is 265 g/mol. The SMILES string of the molecule is CCc1ccc(C(Cl)C(C)c2ccccc2)s1. The van der Waals surface area contributed by atoms with Crippen molar-refractivity contribution in [1.82, 2.24) is 0 Å². The summed E-state index contributed by atoms with van der Waals surface area (Å²) in [6.45, 7) is 4.37. The van der Waals surface area contributed by atoms with Gasteiger partial charge >= 0.3 is 0 Å². The smallest absolute Gasteiger partial charge is 0.0744 e. The van der Waals surface area contributed by atoms with Gasteiger partial charge in [-0.1, -0.05) is 44.2 Å². The highest BCUT2D eigenvalue weighted by Gasteiger charge is 2.19. The highest BCUT2D eigenvalue weighted by molar-refractivity contribution is 7.12. The number of halogens is 1. The number of rotatable bonds is 4. The van der Waals surface area contributed by atoms with Crippen molar-refractivity contribution in [2.75, 3.05) is 0 Å². The molecule has 0 amide bonds. The lowest BCUT2D eigenvalue weighted by Crippen LogP contribution is -2.00. The molecular weight excluding hydrogens is 248 g/mol. The molecule has 2 rings (SSSR count). The number of alkyl halides is 1. The van der Waals surface area contributed by atoms with Crippen LogP contribution in [0.25, 0.3) is 0 Å². The van der Waals surface area contributed by atoms with Crippen molar-refractivity contribution in [3.63, 3.8) is 0 Å². The van der Waals surface area contributed by atoms with Gasteiger partial charge in [0.1, 0.15) is 0 Å². The van der Waals surface area contributed by atoms with Crippen LogP contribution < -0.4 is 0 Å². The van der Waals surface area contributed by atoms with Crippen LogP contribution in [0.4, 0.5) is 0 Å². The number of thiophene rings is 1. The molecule has 1 heterocycles. The number of aryl methyl sites for hydroxylation is 1. The standard InChI is InChI=1S/C15H17ClS/c1-3-13-9-10-14(17-13)15(16)11(2)12-7-5-4-6-8-12/h4-11,15H,3H2,1-2H3. The van der Waals surface area contributed by atoms with Crippen LogP contribution in [0.1, 0.15) is 40.5 Å². The Bertz CT molecular complexity index is 461. The fourth-order valence-electron chi connectivity index (χ4n) is 1.90. The Morgan fingerprint density at radius 2 is 1.82 bits per heavy atom. The maximum atomic E-state index is 6.57. The molecule has 1 aromatic heterocycles. The van der Waals surface area contributed by atoms with E-state index in [-0.39, 0.29) is 5.38 Å². The maximum Gasteiger partial charge on any atom is 0.0744 e. The molecule has 0 N–H and O–H groups in total. The molecule has 0 saturated carbocycles. The first-order valence-corrected chi connectivity index (χ1v) is 7.25. The van der Waals surface area contributed by atoms with E-state index in [1.165, 1.54) is 15.3 Å². The molecule has 2 unspecified atom stereocenters. The molecule has 0 fully saturated rings. The highest BCUT2D eigenvalue weighted by Crippen LogP contribution is 2.39. The first-order chi connectivity index (χ1) is 8.22. The lowest BCUT2D eigenvalue weighted by atomic mass is 9.97. The van der Waals surface area contributed by atoms with Gasteiger partial charge in [-0.2, -0.15) is 0 Å². The van der Waals surface area contributed by atoms with Gasteiger partial charge in [0.2, 0.25) is 0 Å². The maximum absolute atomic E-state index is 6.57. The number of hydrogen-bond acceptors (Lipinski definition) is 1. The zero-order valence-corrected chi connectivity index (χ0v) is 11.8. The first-order valence-electron chi connectivity index (χ1n) is 6.00. The van der Waals surface area contributed by atoms with Crippen molar-refractivity contribution >= 4 is 22.9 Å². The Kier molecular flexibility index (Phi) is 4.25. The third kappa shape index (κ3) is 2.91. The van der Waals surface area contributed by atoms with Crippen LogP contribution in [0, 0.1) is 0 Å². The van der Waals surface area contributed by atoms with Gasteiger partial charge in [0.25, 0.3) is 0 Å². The van der Waals surface area contributed by atoms with Gasteiger partial charge in [-0.15, -0.1) is 22.9 Å². The molecular formula is C15H17ClS. The van der Waals surface area contributed by atoms with E-state index in [0.717, 1.165) is 6.42 Å². The fourth-order valence-corrected chi connectivity index (χ4v) is 3.29. The Hall–Kier alpha value is -0.790. The topological polar surface area (TPSA) is 0 Å². The van der Waals surface area contributed by atoms with E-state index in [2.05, 4.69) is 50.2 Å². The Labute approximate surface area is 112 Å². The van der Waals surface area contributed by atoms with Gasteiger partial charge in [-0.05, 0) is 24.1 Å². The molecule has 0 spiro atoms. The van der Waals surface area contributed by atoms with E-state index in [9.17, 15) is 0 Å². The number of hydrogen-bond donors (Lipinski definition) is 0. The van der Waals surface area contributed by atoms with Crippen molar-refractivity contribution in [3.05, 3.63) is 57.8 Å². The van der Waals surface area contributed by atoms with Crippen LogP contribution in [0.5, 0.6) is 0 Å². The quantitative estimate of drug-likeness (QED) is 0.649. The second-order valence-corrected chi connectivity index (χ2v) is 5.93. The summed E-state index contributed by atoms with van der Waals surface area (Å²) in [7, 11) is 0. The lowest BCUT2D eigenvalue weighted by Gasteiger charge is -2.17. The Morgan fingerprint density at radius 1 is 1.12 bits per heavy atom. The third-order valence-corrected chi connectivity index (χ3v) is 5.12. The van der Waals surface area contributed by atoms with Crippen molar-refractivity contribution in [2.45, 2.75) is 31.6 Å². The number of benzene rings is 1. The summed E-state index contributed by atoms with van der Waals surface area (Å²) in [5.41, 5.74) is 1.30. The van der Waals surface area contributed by atoms with Crippen LogP contribution in [0.3, 0.4) is 0 Å². The van der Waals surface area contributed by atoms with Gasteiger partial charge < -0.3 is 0 Å². The molecule has 1 aromatic carbocycles. The van der Waals surface area contributed by atoms with E-state index in [1.54, 1.807) is 0 Å². The Balaban J connectivity index is 2.17. The van der Waals surface area contributed by atoms with Gasteiger partial charge in [-0.3, -0.25) is 0 Å². The largest absolute Gasteiger partial charge is 0.144 e. The molecule has 2 atom stereocenters. The van der Waals surface area contributed by atoms with E-state index in [0.29, 0.717) is 5.92 Å². The molecule has 0 radical (unpaired) electrons. The molecule has 0 saturated heterocycles. The zero-order chi connectivity index (χ0) is 12.3. The molecule has 0 bridgehead atoms. The van der Waals surface area contributed by atoms with Crippen LogP contribution >= 0.6 is 22.9 Å². The highest BCUT2D eigenvalue weighted by atomic mass is 35.5. The van der Waals surface area contributed by atoms with Crippen molar-refractivity contribution in [1.29, 1.82) is 0 Å². The molecule has 0 aliphatic heterocycles. The third-order valence-electron chi connectivity index (χ3n) is 3.07. The average Bonchev–Trinajstić information content (AvgIpc) is 2.87. The van der Waals surface area contributed by atoms with Gasteiger partial charge in [-0.25, -0.2) is 0 Å². The summed E-state index contributed by atoms with van der Waals surface area (Å²) in [6.07, 6.45) is 1.09. The minimum absolute atomic E-state index is 0.0719. The molecule has 17 heavy (non-hydrogen) atoms. The fraction of sp³-hybridized carbons (Fsp3) is 0.333. The molecule has 2 aromatic rings. The summed E-state index contributed by atoms with van der Waals surface area (Å²) < 4.78 is 0. The zero-order valence-electron chi connectivity index (χ0n) is 10.2. The lowest BCUT2D eigenvalue weighted by molar-refractivity contribution is 0.742. The minimum atomic E-state index is 0.0719. The van der Waals surface area contributed by atoms with Gasteiger partial charge in [0.15, 0.2) is 0 Å². The van der Waals surface area contributed by atoms with E-state index >= 15 is 0 Å².